The van der Waals surface area contributed by atoms with E-state index in [1.54, 1.807) is 112 Å². The maximum atomic E-state index is 16.1. The Labute approximate surface area is 794 Å². The van der Waals surface area contributed by atoms with Crippen molar-refractivity contribution in [2.75, 3.05) is 65.5 Å². The number of para-hydroxylation sites is 1. The van der Waals surface area contributed by atoms with Crippen LogP contribution in [0.15, 0.2) is 158 Å². The summed E-state index contributed by atoms with van der Waals surface area (Å²) in [4.78, 5) is 248. The van der Waals surface area contributed by atoms with E-state index in [2.05, 4.69) is 52.8 Å². The number of morpholine rings is 1. The summed E-state index contributed by atoms with van der Waals surface area (Å²) in [7, 11) is 3.75. The molecule has 4 heterocycles. The van der Waals surface area contributed by atoms with Crippen molar-refractivity contribution in [2.45, 2.75) is 196 Å². The Morgan fingerprint density at radius 3 is 1.71 bits per heavy atom. The zero-order chi connectivity index (χ0) is 99.6. The number of hydrogen-bond acceptors (Lipinski definition) is 20. The minimum Gasteiger partial charge on any atom is -0.508 e. The number of aromatic nitrogens is 1. The van der Waals surface area contributed by atoms with Gasteiger partial charge in [-0.1, -0.05) is 163 Å². The number of thioether (sulfide) groups is 1. The molecule has 0 aliphatic carbocycles. The van der Waals surface area contributed by atoms with Gasteiger partial charge in [0.25, 0.3) is 0 Å². The van der Waals surface area contributed by atoms with Crippen molar-refractivity contribution in [2.24, 2.45) is 17.6 Å². The molecule has 36 nitrogen and oxygen atoms in total. The number of rotatable bonds is 23. The van der Waals surface area contributed by atoms with E-state index in [4.69, 9.17) is 10.5 Å². The number of H-pyrrole nitrogens is 1. The van der Waals surface area contributed by atoms with Crippen LogP contribution in [-0.4, -0.2) is 290 Å². The predicted octanol–water partition coefficient (Wildman–Crippen LogP) is 2.31. The lowest BCUT2D eigenvalue weighted by atomic mass is 9.98. The van der Waals surface area contributed by atoms with Crippen LogP contribution in [0.5, 0.6) is 5.75 Å². The molecule has 14 atom stereocenters. The molecular formula is C97H119F3N16O20S. The van der Waals surface area contributed by atoms with E-state index >= 15 is 56.7 Å². The van der Waals surface area contributed by atoms with Crippen LogP contribution in [-0.2, 0) is 120 Å². The van der Waals surface area contributed by atoms with E-state index in [0.29, 0.717) is 51.3 Å². The number of fused-ring (bicyclic) bond motifs is 3. The molecule has 6 aromatic carbocycles. The van der Waals surface area contributed by atoms with Gasteiger partial charge in [0.05, 0.1) is 38.0 Å². The van der Waals surface area contributed by atoms with Crippen LogP contribution in [0.2, 0.25) is 0 Å². The van der Waals surface area contributed by atoms with Gasteiger partial charge >= 0.3 is 5.97 Å². The summed E-state index contributed by atoms with van der Waals surface area (Å²) in [5, 5.41) is 56.4. The zero-order valence-electron chi connectivity index (χ0n) is 77.3. The number of nitrogens with one attached hydrogen (secondary N) is 10. The highest BCUT2D eigenvalue weighted by Crippen LogP contribution is 2.28. The number of unbranched alkanes of at least 4 members (excludes halogenated alkanes) is 1. The van der Waals surface area contributed by atoms with E-state index in [9.17, 15) is 48.5 Å². The number of aromatic amines is 1. The fourth-order valence-corrected chi connectivity index (χ4v) is 17.6. The van der Waals surface area contributed by atoms with Crippen LogP contribution in [0.3, 0.4) is 0 Å². The van der Waals surface area contributed by atoms with Gasteiger partial charge in [-0.25, -0.2) is 13.2 Å². The Morgan fingerprint density at radius 1 is 0.526 bits per heavy atom. The number of amides is 15. The number of carbonyl (C=O) groups excluding carboxylic acids is 15. The number of phenols is 1. The number of phenolic OH excluding ortho intramolecular Hbond substituents is 1. The average Bonchev–Trinajstić information content (AvgIpc) is 1.42. The molecule has 0 bridgehead atoms. The fourth-order valence-electron chi connectivity index (χ4n) is 16.7. The van der Waals surface area contributed by atoms with Crippen LogP contribution >= 0.6 is 11.8 Å². The van der Waals surface area contributed by atoms with Gasteiger partial charge in [0, 0.05) is 102 Å². The number of likely N-dealkylation sites (N-methyl/N-ethyl adjacent to an activating group) is 3. The fraction of sp³-hybridized carbons (Fsp3) is 0.443. The summed E-state index contributed by atoms with van der Waals surface area (Å²) in [6, 6.07) is 15.2. The van der Waals surface area contributed by atoms with Crippen molar-refractivity contribution < 1.29 is 110 Å². The number of carbonyl (C=O) groups is 16. The highest BCUT2D eigenvalue weighted by Gasteiger charge is 2.48. The highest BCUT2D eigenvalue weighted by atomic mass is 32.2. The third kappa shape index (κ3) is 29.1. The van der Waals surface area contributed by atoms with E-state index < -0.39 is 265 Å². The molecule has 15 N–H and O–H groups in total. The lowest BCUT2D eigenvalue weighted by Crippen LogP contribution is -2.64. The standard InChI is InChI=1S/C97H119F3N16O20S/c1-9-10-29-76-96(134)116-50-63(118)46-78(116)91(129)108-72(47-83(121)122)89(127)111-84(55(4)5)97(135)113(7)77(42-56-21-13-11-14-22-56)90(128)109-74(40-58-30-33-62(117)34-31-58)94(132)115-36-37-136-51-80(115)92(130)107-71(45-61-48-102-68-28-20-18-26-64(61)68)88(126)106-70(44-60-25-17-19-27-65(60)98)87(125)105-69(38-54(2)3)86(124)110-75(85(123)103-49-81(101)119)52-137-53-82(120)104-73(41-59-32-35-66(99)67(100)39-59)93(131)114(8)79(95(133)112(76)6)43-57-23-15-12-16-24-57/h11-28,30-35,39,48,54-55,63,69-80,84,102,117-118H,9-10,29,36-38,40-47,49-53H2,1-8H3,(H2,101,119)(H,103,123)(H,104,120)(H,105,125)(H,106,126)(H,107,130)(H,108,129)(H,109,128)(H,110,124)(H,111,127)(H,121,122)/t63-,69+,70+,71+,72+,73+,74+,75+,76+,77+,78-,79+,80-,84+/m1/s1. The quantitative estimate of drug-likeness (QED) is 0.0437. The zero-order valence-corrected chi connectivity index (χ0v) is 78.1. The average molecular weight is 1920 g/mol. The lowest BCUT2D eigenvalue weighted by molar-refractivity contribution is -0.152. The number of carboxylic acids is 1. The van der Waals surface area contributed by atoms with Gasteiger partial charge < -0.3 is 103 Å². The molecule has 1 aromatic heterocycles. The Morgan fingerprint density at radius 2 is 1.07 bits per heavy atom. The molecule has 3 aliphatic heterocycles. The van der Waals surface area contributed by atoms with E-state index in [0.717, 1.165) is 48.8 Å². The number of nitrogens with two attached hydrogens (primary N) is 1. The molecular weight excluding hydrogens is 1800 g/mol. The van der Waals surface area contributed by atoms with Crippen molar-refractivity contribution in [1.29, 1.82) is 0 Å². The van der Waals surface area contributed by atoms with Gasteiger partial charge in [-0.2, -0.15) is 0 Å². The van der Waals surface area contributed by atoms with E-state index in [1.807, 2.05) is 0 Å². The van der Waals surface area contributed by atoms with Gasteiger partial charge in [0.15, 0.2) is 11.6 Å². The number of carboxylic acid groups (broad SMARTS) is 1. The normalized spacial score (nSPS) is 23.9. The summed E-state index contributed by atoms with van der Waals surface area (Å²) >= 11 is 0.696. The Kier molecular flexibility index (Phi) is 38.2. The van der Waals surface area contributed by atoms with E-state index in [-0.39, 0.29) is 75.0 Å². The maximum Gasteiger partial charge on any atom is 0.305 e. The molecule has 3 aliphatic rings. The van der Waals surface area contributed by atoms with Gasteiger partial charge in [0.2, 0.25) is 88.6 Å². The van der Waals surface area contributed by atoms with Crippen molar-refractivity contribution in [3.8, 4) is 5.75 Å². The van der Waals surface area contributed by atoms with Gasteiger partial charge in [-0.05, 0) is 94.5 Å². The van der Waals surface area contributed by atoms with Crippen molar-refractivity contribution in [1.82, 2.24) is 77.3 Å². The highest BCUT2D eigenvalue weighted by molar-refractivity contribution is 8.00. The van der Waals surface area contributed by atoms with Crippen LogP contribution < -0.4 is 53.6 Å². The first-order chi connectivity index (χ1) is 65.3. The second-order valence-electron chi connectivity index (χ2n) is 35.3. The molecule has 10 rings (SSSR count). The topological polar surface area (TPSA) is 509 Å². The van der Waals surface area contributed by atoms with Gasteiger partial charge in [-0.15, -0.1) is 11.8 Å². The number of benzene rings is 6. The van der Waals surface area contributed by atoms with Crippen molar-refractivity contribution in [3.63, 3.8) is 0 Å². The Balaban J connectivity index is 1.07. The first-order valence-corrected chi connectivity index (χ1v) is 46.5. The van der Waals surface area contributed by atoms with Crippen LogP contribution in [0, 0.1) is 29.3 Å². The number of aliphatic hydroxyl groups excluding tert-OH is 1. The van der Waals surface area contributed by atoms with Gasteiger partial charge in [-0.3, -0.25) is 76.7 Å². The van der Waals surface area contributed by atoms with Crippen LogP contribution in [0.4, 0.5) is 13.2 Å². The third-order valence-corrected chi connectivity index (χ3v) is 25.3. The molecule has 15 amide bonds. The molecule has 0 radical (unpaired) electrons. The number of aliphatic carboxylic acids is 1. The van der Waals surface area contributed by atoms with Crippen molar-refractivity contribution >= 4 is 117 Å². The molecule has 137 heavy (non-hydrogen) atoms. The van der Waals surface area contributed by atoms with Crippen molar-refractivity contribution in [3.05, 3.63) is 209 Å². The molecule has 0 unspecified atom stereocenters. The monoisotopic (exact) mass is 1920 g/mol. The number of aliphatic hydroxyl groups is 1. The van der Waals surface area contributed by atoms with Crippen LogP contribution in [0.25, 0.3) is 10.9 Å². The first-order valence-electron chi connectivity index (χ1n) is 45.3. The minimum absolute atomic E-state index is 0.0330. The van der Waals surface area contributed by atoms with Gasteiger partial charge in [0.1, 0.15) is 90.1 Å². The van der Waals surface area contributed by atoms with Crippen LogP contribution in [0.1, 0.15) is 107 Å². The summed E-state index contributed by atoms with van der Waals surface area (Å²) in [6.07, 6.45) is -3.51. The number of ether oxygens (including phenoxy) is 1. The third-order valence-electron chi connectivity index (χ3n) is 24.2. The summed E-state index contributed by atoms with van der Waals surface area (Å²) in [5.74, 6) is -23.0. The SMILES string of the molecule is CCCC[C@H]1C(=O)N2C[C@H](O)C[C@@H]2C(=O)N[C@@H](CC(=O)O)C(=O)N[C@@H](C(C)C)C(=O)N(C)[C@@H](Cc2ccccc2)C(=O)N[C@@H](Cc2ccc(O)cc2)C(=O)N2CCOC[C@@H]2C(=O)N[C@@H](Cc2c[nH]c3ccccc23)C(=O)N[C@@H](Cc2ccccc2F)C(=O)N[C@@H](CC(C)C)C(=O)N[C@H](C(=O)NCC(N)=O)CSCC(=O)N[C@@H](Cc2ccc(F)c(F)c2)C(=O)N(C)[C@@H](Cc2ccccc2)C(=O)N1C. The maximum absolute atomic E-state index is 16.1. The second-order valence-corrected chi connectivity index (χ2v) is 36.3. The molecule has 7 aromatic rings. The molecule has 40 heteroatoms. The Bertz CT molecular complexity index is 5490. The second kappa shape index (κ2) is 49.6. The largest absolute Gasteiger partial charge is 0.508 e. The summed E-state index contributed by atoms with van der Waals surface area (Å²) in [6.45, 7) is 5.89. The molecule has 734 valence electrons. The predicted molar refractivity (Wildman–Crippen MR) is 497 cm³/mol. The minimum atomic E-state index is -2.03. The number of halogens is 3. The Hall–Kier alpha value is -13.8. The number of nitrogens with zero attached hydrogens (tertiary/aromatic N) is 5. The number of aromatic hydroxyl groups is 1. The molecule has 3 fully saturated rings. The smallest absolute Gasteiger partial charge is 0.305 e. The molecule has 0 spiro atoms. The number of primary amides is 1. The molecule has 3 saturated heterocycles. The lowest BCUT2D eigenvalue weighted by Gasteiger charge is -2.38. The summed E-state index contributed by atoms with van der Waals surface area (Å²) < 4.78 is 51.9. The number of hydrogen-bond donors (Lipinski definition) is 14. The molecule has 0 saturated carbocycles. The van der Waals surface area contributed by atoms with E-state index in [1.165, 1.54) is 77.5 Å². The summed E-state index contributed by atoms with van der Waals surface area (Å²) in [5.41, 5.74) is 7.66. The first kappa shape index (κ1) is 105.